The number of furan rings is 1. The highest BCUT2D eigenvalue weighted by atomic mass is 16.3. The Labute approximate surface area is 221 Å². The fourth-order valence-electron chi connectivity index (χ4n) is 7.21. The van der Waals surface area contributed by atoms with Gasteiger partial charge >= 0.3 is 0 Å². The summed E-state index contributed by atoms with van der Waals surface area (Å²) in [5, 5.41) is 2.48. The maximum Gasteiger partial charge on any atom is 0.216 e. The number of rotatable bonds is 5. The van der Waals surface area contributed by atoms with Crippen LogP contribution < -0.4 is 4.57 Å². The van der Waals surface area contributed by atoms with Crippen LogP contribution in [0.1, 0.15) is 62.8 Å². The van der Waals surface area contributed by atoms with E-state index in [2.05, 4.69) is 120 Å². The second-order valence-electron chi connectivity index (χ2n) is 12.1. The molecule has 1 aliphatic rings. The predicted molar refractivity (Wildman–Crippen MR) is 155 cm³/mol. The molecule has 0 atom stereocenters. The van der Waals surface area contributed by atoms with Gasteiger partial charge in [-0.2, -0.15) is 0 Å². The van der Waals surface area contributed by atoms with Crippen molar-refractivity contribution in [3.8, 4) is 22.4 Å². The van der Waals surface area contributed by atoms with E-state index in [4.69, 9.17) is 4.42 Å². The second-order valence-corrected chi connectivity index (χ2v) is 12.1. The maximum absolute atomic E-state index is 6.76. The summed E-state index contributed by atoms with van der Waals surface area (Å²) >= 11 is 0. The molecule has 2 aromatic heterocycles. The average Bonchev–Trinajstić information content (AvgIpc) is 3.33. The first-order valence-corrected chi connectivity index (χ1v) is 13.8. The van der Waals surface area contributed by atoms with Gasteiger partial charge in [0.15, 0.2) is 6.20 Å². The lowest BCUT2D eigenvalue weighted by Gasteiger charge is -2.35. The van der Waals surface area contributed by atoms with Gasteiger partial charge in [0.25, 0.3) is 0 Å². The first-order valence-electron chi connectivity index (χ1n) is 13.8. The fraction of sp³-hybridized carbons (Fsp3) is 0.343. The van der Waals surface area contributed by atoms with E-state index < -0.39 is 0 Å². The summed E-state index contributed by atoms with van der Waals surface area (Å²) in [5.41, 5.74) is 12.6. The van der Waals surface area contributed by atoms with E-state index in [1.54, 1.807) is 0 Å². The molecule has 2 heteroatoms. The van der Waals surface area contributed by atoms with Gasteiger partial charge in [0.05, 0.1) is 5.56 Å². The van der Waals surface area contributed by atoms with Crippen molar-refractivity contribution in [1.82, 2.24) is 0 Å². The van der Waals surface area contributed by atoms with E-state index in [9.17, 15) is 0 Å². The number of hydrogen-bond acceptors (Lipinski definition) is 1. The summed E-state index contributed by atoms with van der Waals surface area (Å²) in [6, 6.07) is 22.7. The molecule has 5 aromatic rings. The number of hydrogen-bond donors (Lipinski definition) is 0. The van der Waals surface area contributed by atoms with Gasteiger partial charge in [0, 0.05) is 27.8 Å². The van der Waals surface area contributed by atoms with Gasteiger partial charge in [0.1, 0.15) is 18.2 Å². The Morgan fingerprint density at radius 2 is 1.51 bits per heavy atom. The van der Waals surface area contributed by atoms with Gasteiger partial charge in [0.2, 0.25) is 5.69 Å². The van der Waals surface area contributed by atoms with Crippen LogP contribution in [0.3, 0.4) is 0 Å². The van der Waals surface area contributed by atoms with Crippen molar-refractivity contribution in [2.24, 2.45) is 18.9 Å². The van der Waals surface area contributed by atoms with Crippen LogP contribution in [-0.4, -0.2) is 0 Å². The molecule has 0 fully saturated rings. The van der Waals surface area contributed by atoms with E-state index >= 15 is 0 Å². The molecule has 2 nitrogen and oxygen atoms in total. The van der Waals surface area contributed by atoms with Gasteiger partial charge in [-0.05, 0) is 78.5 Å². The molecule has 0 unspecified atom stereocenters. The van der Waals surface area contributed by atoms with Gasteiger partial charge in [-0.15, -0.1) is 0 Å². The monoisotopic (exact) mass is 488 g/mol. The molecule has 1 aliphatic carbocycles. The summed E-state index contributed by atoms with van der Waals surface area (Å²) in [5.74, 6) is 1.20. The van der Waals surface area contributed by atoms with Gasteiger partial charge in [-0.1, -0.05) is 70.2 Å². The van der Waals surface area contributed by atoms with Crippen molar-refractivity contribution in [2.45, 2.75) is 59.8 Å². The lowest BCUT2D eigenvalue weighted by molar-refractivity contribution is -0.660. The molecule has 188 valence electrons. The zero-order valence-corrected chi connectivity index (χ0v) is 23.3. The number of aromatic nitrogens is 1. The Bertz CT molecular complexity index is 1660. The Balaban J connectivity index is 1.72. The molecule has 6 rings (SSSR count). The van der Waals surface area contributed by atoms with Crippen LogP contribution in [0.4, 0.5) is 0 Å². The van der Waals surface area contributed by atoms with Crippen molar-refractivity contribution in [1.29, 1.82) is 0 Å². The minimum absolute atomic E-state index is 0.0307. The Morgan fingerprint density at radius 1 is 0.784 bits per heavy atom. The highest BCUT2D eigenvalue weighted by Gasteiger charge is 2.44. The van der Waals surface area contributed by atoms with E-state index in [-0.39, 0.29) is 5.41 Å². The Hall–Kier alpha value is -3.39. The molecule has 0 N–H and O–H groups in total. The van der Waals surface area contributed by atoms with Crippen LogP contribution in [0.15, 0.2) is 71.3 Å². The average molecular weight is 489 g/mol. The predicted octanol–water partition coefficient (Wildman–Crippen LogP) is 9.05. The van der Waals surface area contributed by atoms with Crippen LogP contribution in [-0.2, 0) is 12.5 Å². The van der Waals surface area contributed by atoms with Gasteiger partial charge in [-0.3, -0.25) is 0 Å². The standard InChI is InChI=1S/C35H38NO/c1-21(2)18-35(19-22(3)4)27-11-9-8-10-25(27)32-28(35)15-17-30-33(32)26-14-13-24(6)31(34(26)37-30)29-16-12-23(5)20-36(29)7/h8-17,20-22H,18-19H2,1-7H3/q+1. The van der Waals surface area contributed by atoms with Crippen LogP contribution in [0.2, 0.25) is 0 Å². The molecule has 0 saturated heterocycles. The van der Waals surface area contributed by atoms with Crippen LogP contribution in [0.25, 0.3) is 44.3 Å². The van der Waals surface area contributed by atoms with Crippen molar-refractivity contribution in [3.63, 3.8) is 0 Å². The molecular weight excluding hydrogens is 450 g/mol. The van der Waals surface area contributed by atoms with Crippen molar-refractivity contribution in [3.05, 3.63) is 89.1 Å². The molecule has 37 heavy (non-hydrogen) atoms. The molecule has 2 heterocycles. The largest absolute Gasteiger partial charge is 0.455 e. The lowest BCUT2D eigenvalue weighted by Crippen LogP contribution is -2.31. The van der Waals surface area contributed by atoms with Crippen molar-refractivity contribution in [2.75, 3.05) is 0 Å². The number of aryl methyl sites for hydroxylation is 3. The third-order valence-electron chi connectivity index (χ3n) is 8.29. The molecule has 0 radical (unpaired) electrons. The normalized spacial score (nSPS) is 14.2. The number of fused-ring (bicyclic) bond motifs is 7. The zero-order chi connectivity index (χ0) is 26.1. The molecular formula is C35H38NO+. The number of nitrogens with zero attached hydrogens (tertiary/aromatic N) is 1. The molecule has 3 aromatic carbocycles. The molecule has 0 aliphatic heterocycles. The number of benzene rings is 3. The zero-order valence-electron chi connectivity index (χ0n) is 23.3. The molecule has 0 amide bonds. The van der Waals surface area contributed by atoms with Crippen LogP contribution in [0.5, 0.6) is 0 Å². The summed E-state index contributed by atoms with van der Waals surface area (Å²) < 4.78 is 8.98. The third kappa shape index (κ3) is 3.56. The molecule has 0 saturated carbocycles. The smallest absolute Gasteiger partial charge is 0.216 e. The first kappa shape index (κ1) is 24.0. The first-order chi connectivity index (χ1) is 17.7. The minimum Gasteiger partial charge on any atom is -0.455 e. The summed E-state index contributed by atoms with van der Waals surface area (Å²) in [6.45, 7) is 13.8. The maximum atomic E-state index is 6.76. The summed E-state index contributed by atoms with van der Waals surface area (Å²) in [7, 11) is 2.13. The Kier molecular flexibility index (Phi) is 5.56. The van der Waals surface area contributed by atoms with Gasteiger partial charge < -0.3 is 4.42 Å². The highest BCUT2D eigenvalue weighted by molar-refractivity contribution is 6.17. The van der Waals surface area contributed by atoms with Crippen LogP contribution in [0, 0.1) is 25.7 Å². The van der Waals surface area contributed by atoms with E-state index in [0.717, 1.165) is 24.0 Å². The van der Waals surface area contributed by atoms with E-state index in [1.807, 2.05) is 0 Å². The van der Waals surface area contributed by atoms with E-state index in [1.165, 1.54) is 55.4 Å². The third-order valence-corrected chi connectivity index (χ3v) is 8.29. The highest BCUT2D eigenvalue weighted by Crippen LogP contribution is 2.58. The SMILES string of the molecule is Cc1ccc(-c2c(C)ccc3c2oc2ccc4c(c23)-c2ccccc2C4(CC(C)C)CC(C)C)[n+](C)c1. The summed E-state index contributed by atoms with van der Waals surface area (Å²) in [4.78, 5) is 0. The Morgan fingerprint density at radius 3 is 2.22 bits per heavy atom. The van der Waals surface area contributed by atoms with Gasteiger partial charge in [-0.25, -0.2) is 4.57 Å². The second kappa shape index (κ2) is 8.58. The molecule has 0 bridgehead atoms. The quantitative estimate of drug-likeness (QED) is 0.226. The van der Waals surface area contributed by atoms with Crippen molar-refractivity contribution >= 4 is 21.9 Å². The lowest BCUT2D eigenvalue weighted by atomic mass is 9.68. The summed E-state index contributed by atoms with van der Waals surface area (Å²) in [6.07, 6.45) is 4.50. The van der Waals surface area contributed by atoms with Crippen molar-refractivity contribution < 1.29 is 8.98 Å². The van der Waals surface area contributed by atoms with E-state index in [0.29, 0.717) is 11.8 Å². The molecule has 0 spiro atoms. The topological polar surface area (TPSA) is 17.0 Å². The fourth-order valence-corrected chi connectivity index (χ4v) is 7.21. The number of pyridine rings is 1. The van der Waals surface area contributed by atoms with Crippen LogP contribution >= 0.6 is 0 Å². The minimum atomic E-state index is 0.0307.